The van der Waals surface area contributed by atoms with Gasteiger partial charge in [0.2, 0.25) is 5.91 Å². The van der Waals surface area contributed by atoms with E-state index in [1.807, 2.05) is 0 Å². The summed E-state index contributed by atoms with van der Waals surface area (Å²) in [6.45, 7) is 1.52. The van der Waals surface area contributed by atoms with Crippen LogP contribution in [0.1, 0.15) is 36.5 Å². The van der Waals surface area contributed by atoms with Crippen molar-refractivity contribution in [1.82, 2.24) is 0 Å². The monoisotopic (exact) mass is 472 g/mol. The van der Waals surface area contributed by atoms with Crippen molar-refractivity contribution >= 4 is 35.1 Å². The Labute approximate surface area is 197 Å². The van der Waals surface area contributed by atoms with Gasteiger partial charge in [-0.3, -0.25) is 14.4 Å². The number of ether oxygens (including phenoxy) is 4. The topological polar surface area (TPSA) is 129 Å². The Hall–Kier alpha value is -4.08. The van der Waals surface area contributed by atoms with Crippen LogP contribution in [0.5, 0.6) is 11.5 Å². The summed E-state index contributed by atoms with van der Waals surface area (Å²) in [6, 6.07) is 11.2. The molecule has 2 amide bonds. The van der Waals surface area contributed by atoms with Gasteiger partial charge >= 0.3 is 11.9 Å². The average Bonchev–Trinajstić information content (AvgIpc) is 2.83. The first-order chi connectivity index (χ1) is 16.4. The van der Waals surface area contributed by atoms with Gasteiger partial charge in [0.05, 0.1) is 32.1 Å². The molecule has 2 aromatic rings. The highest BCUT2D eigenvalue weighted by Gasteiger charge is 2.13. The molecule has 0 aliphatic carbocycles. The molecule has 0 fully saturated rings. The van der Waals surface area contributed by atoms with Crippen LogP contribution in [-0.4, -0.2) is 51.2 Å². The molecule has 0 aliphatic rings. The fraction of sp³-hybridized carbons (Fsp3) is 0.333. The lowest BCUT2D eigenvalue weighted by molar-refractivity contribution is -0.147. The number of carbonyl (C=O) groups excluding carboxylic acids is 4. The van der Waals surface area contributed by atoms with Gasteiger partial charge < -0.3 is 29.6 Å². The zero-order valence-electron chi connectivity index (χ0n) is 19.3. The summed E-state index contributed by atoms with van der Waals surface area (Å²) >= 11 is 0. The van der Waals surface area contributed by atoms with E-state index >= 15 is 0 Å². The van der Waals surface area contributed by atoms with Crippen LogP contribution in [0.15, 0.2) is 42.5 Å². The number of methoxy groups -OCH3 is 2. The molecule has 10 heteroatoms. The number of hydrogen-bond acceptors (Lipinski definition) is 8. The molecule has 0 unspecified atom stereocenters. The third-order valence-electron chi connectivity index (χ3n) is 4.51. The van der Waals surface area contributed by atoms with Crippen molar-refractivity contribution in [3.8, 4) is 11.5 Å². The number of hydrogen-bond donors (Lipinski definition) is 2. The summed E-state index contributed by atoms with van der Waals surface area (Å²) in [4.78, 5) is 47.7. The van der Waals surface area contributed by atoms with Gasteiger partial charge in [0.1, 0.15) is 11.5 Å². The average molecular weight is 472 g/mol. The summed E-state index contributed by atoms with van der Waals surface area (Å²) in [5.74, 6) is -0.902. The number of amides is 2. The molecule has 0 atom stereocenters. The van der Waals surface area contributed by atoms with Crippen LogP contribution in [0, 0.1) is 0 Å². The Balaban J connectivity index is 1.70. The maximum Gasteiger partial charge on any atom is 0.338 e. The molecule has 10 nitrogen and oxygen atoms in total. The van der Waals surface area contributed by atoms with Crippen LogP contribution in [0.4, 0.5) is 11.4 Å². The van der Waals surface area contributed by atoms with Gasteiger partial charge in [0, 0.05) is 24.6 Å². The SMILES string of the molecule is CCOC(=O)c1ccc(NC(=O)CCCC(=O)OCC(=O)Nc2cc(OC)ccc2OC)cc1. The molecular formula is C24H28N2O8. The quantitative estimate of drug-likeness (QED) is 0.451. The first-order valence-electron chi connectivity index (χ1n) is 10.6. The predicted octanol–water partition coefficient (Wildman–Crippen LogP) is 3.17. The first kappa shape index (κ1) is 26.2. The summed E-state index contributed by atoms with van der Waals surface area (Å²) in [5, 5.41) is 5.28. The van der Waals surface area contributed by atoms with E-state index in [9.17, 15) is 19.2 Å². The second-order valence-electron chi connectivity index (χ2n) is 6.97. The second kappa shape index (κ2) is 13.5. The zero-order valence-corrected chi connectivity index (χ0v) is 19.3. The van der Waals surface area contributed by atoms with Gasteiger partial charge in [-0.25, -0.2) is 4.79 Å². The highest BCUT2D eigenvalue weighted by atomic mass is 16.5. The third-order valence-corrected chi connectivity index (χ3v) is 4.51. The molecular weight excluding hydrogens is 444 g/mol. The van der Waals surface area contributed by atoms with Crippen molar-refractivity contribution in [2.45, 2.75) is 26.2 Å². The third kappa shape index (κ3) is 8.45. The summed E-state index contributed by atoms with van der Waals surface area (Å²) in [7, 11) is 2.96. The molecule has 0 saturated heterocycles. The lowest BCUT2D eigenvalue weighted by atomic mass is 10.2. The van der Waals surface area contributed by atoms with Gasteiger partial charge in [0.25, 0.3) is 5.91 Å². The number of carbonyl (C=O) groups is 4. The lowest BCUT2D eigenvalue weighted by Crippen LogP contribution is -2.21. The molecule has 182 valence electrons. The number of rotatable bonds is 12. The highest BCUT2D eigenvalue weighted by Crippen LogP contribution is 2.28. The Morgan fingerprint density at radius 3 is 2.21 bits per heavy atom. The smallest absolute Gasteiger partial charge is 0.338 e. The van der Waals surface area contributed by atoms with Crippen LogP contribution >= 0.6 is 0 Å². The van der Waals surface area contributed by atoms with E-state index in [4.69, 9.17) is 18.9 Å². The van der Waals surface area contributed by atoms with Crippen LogP contribution in [-0.2, 0) is 23.9 Å². The van der Waals surface area contributed by atoms with Crippen molar-refractivity contribution in [3.63, 3.8) is 0 Å². The predicted molar refractivity (Wildman–Crippen MR) is 124 cm³/mol. The summed E-state index contributed by atoms with van der Waals surface area (Å²) in [6.07, 6.45) is 0.309. The maximum absolute atomic E-state index is 12.1. The largest absolute Gasteiger partial charge is 0.497 e. The zero-order chi connectivity index (χ0) is 24.9. The second-order valence-corrected chi connectivity index (χ2v) is 6.97. The minimum Gasteiger partial charge on any atom is -0.497 e. The van der Waals surface area contributed by atoms with Gasteiger partial charge in [-0.05, 0) is 49.7 Å². The van der Waals surface area contributed by atoms with Crippen LogP contribution in [0.25, 0.3) is 0 Å². The van der Waals surface area contributed by atoms with Crippen molar-refractivity contribution < 1.29 is 38.1 Å². The minimum atomic E-state index is -0.598. The molecule has 0 spiro atoms. The van der Waals surface area contributed by atoms with Crippen molar-refractivity contribution in [2.75, 3.05) is 38.1 Å². The number of benzene rings is 2. The van der Waals surface area contributed by atoms with Gasteiger partial charge in [0.15, 0.2) is 6.61 Å². The molecule has 0 bridgehead atoms. The number of nitrogens with one attached hydrogen (secondary N) is 2. The van der Waals surface area contributed by atoms with Crippen molar-refractivity contribution in [2.24, 2.45) is 0 Å². The normalized spacial score (nSPS) is 10.1. The summed E-state index contributed by atoms with van der Waals surface area (Å²) < 4.78 is 20.2. The number of esters is 2. The lowest BCUT2D eigenvalue weighted by Gasteiger charge is -2.12. The summed E-state index contributed by atoms with van der Waals surface area (Å²) in [5.41, 5.74) is 1.29. The van der Waals surface area contributed by atoms with E-state index in [2.05, 4.69) is 10.6 Å². The Morgan fingerprint density at radius 1 is 0.824 bits per heavy atom. The van der Waals surface area contributed by atoms with Crippen molar-refractivity contribution in [1.29, 1.82) is 0 Å². The van der Waals surface area contributed by atoms with Gasteiger partial charge in [-0.1, -0.05) is 0 Å². The van der Waals surface area contributed by atoms with Gasteiger partial charge in [-0.2, -0.15) is 0 Å². The van der Waals surface area contributed by atoms with Crippen LogP contribution in [0.3, 0.4) is 0 Å². The Morgan fingerprint density at radius 2 is 1.56 bits per heavy atom. The van der Waals surface area contributed by atoms with Gasteiger partial charge in [-0.15, -0.1) is 0 Å². The molecule has 34 heavy (non-hydrogen) atoms. The molecule has 2 aromatic carbocycles. The van der Waals surface area contributed by atoms with E-state index < -0.39 is 24.5 Å². The maximum atomic E-state index is 12.1. The van der Waals surface area contributed by atoms with Crippen LogP contribution < -0.4 is 20.1 Å². The fourth-order valence-electron chi connectivity index (χ4n) is 2.84. The van der Waals surface area contributed by atoms with Crippen molar-refractivity contribution in [3.05, 3.63) is 48.0 Å². The van der Waals surface area contributed by atoms with E-state index in [1.54, 1.807) is 49.4 Å². The highest BCUT2D eigenvalue weighted by molar-refractivity contribution is 5.95. The Bertz CT molecular complexity index is 1000. The first-order valence-corrected chi connectivity index (χ1v) is 10.6. The van der Waals surface area contributed by atoms with E-state index in [-0.39, 0.29) is 31.8 Å². The fourth-order valence-corrected chi connectivity index (χ4v) is 2.84. The van der Waals surface area contributed by atoms with E-state index in [0.29, 0.717) is 28.4 Å². The molecule has 0 aromatic heterocycles. The van der Waals surface area contributed by atoms with E-state index in [1.165, 1.54) is 14.2 Å². The molecule has 0 aliphatic heterocycles. The molecule has 0 heterocycles. The molecule has 0 radical (unpaired) electrons. The minimum absolute atomic E-state index is 0.0228. The van der Waals surface area contributed by atoms with Crippen LogP contribution in [0.2, 0.25) is 0 Å². The Kier molecular flexibility index (Phi) is 10.4. The molecule has 2 N–H and O–H groups in total. The van der Waals surface area contributed by atoms with E-state index in [0.717, 1.165) is 0 Å². The standard InChI is InChI=1S/C24H28N2O8/c1-4-33-24(30)16-8-10-17(11-9-16)25-21(27)6-5-7-23(29)34-15-22(28)26-19-14-18(31-2)12-13-20(19)32-3/h8-14H,4-7,15H2,1-3H3,(H,25,27)(H,26,28). The number of anilines is 2. The molecule has 2 rings (SSSR count). The molecule has 0 saturated carbocycles.